The number of carbonyl (C=O) groups excluding carboxylic acids is 4. The number of ether oxygens (including phenoxy) is 2. The van der Waals surface area contributed by atoms with Gasteiger partial charge in [-0.1, -0.05) is 25.1 Å². The highest BCUT2D eigenvalue weighted by Crippen LogP contribution is 2.28. The predicted molar refractivity (Wildman–Crippen MR) is 142 cm³/mol. The summed E-state index contributed by atoms with van der Waals surface area (Å²) in [5.41, 5.74) is 7.84. The predicted octanol–water partition coefficient (Wildman–Crippen LogP) is 2.11. The van der Waals surface area contributed by atoms with Crippen LogP contribution in [0.2, 0.25) is 0 Å². The Morgan fingerprint density at radius 2 is 1.65 bits per heavy atom. The van der Waals surface area contributed by atoms with Crippen LogP contribution in [0.5, 0.6) is 5.88 Å². The van der Waals surface area contributed by atoms with Crippen molar-refractivity contribution in [2.24, 2.45) is 11.8 Å². The molecule has 3 aromatic rings. The number of carbonyl (C=O) groups is 5. The average molecular weight is 594 g/mol. The molecule has 1 unspecified atom stereocenters. The lowest BCUT2D eigenvalue weighted by Crippen LogP contribution is -2.66. The summed E-state index contributed by atoms with van der Waals surface area (Å²) in [7, 11) is 0. The summed E-state index contributed by atoms with van der Waals surface area (Å²) in [5, 5.41) is 25.4. The van der Waals surface area contributed by atoms with Gasteiger partial charge >= 0.3 is 23.6 Å². The maximum atomic E-state index is 12.1. The SMILES string of the molecule is CC(C(=O)C(=[N+]=[N-])C(=O)O)[C@H]1NC(=O)[C@@H]1[C@@H](C)Oc1ccon1.O=C(OC(=O)c1ccc([N+](=O)[O-])cc1)c1ccccc1. The van der Waals surface area contributed by atoms with E-state index in [1.807, 2.05) is 0 Å². The van der Waals surface area contributed by atoms with Crippen LogP contribution >= 0.6 is 0 Å². The number of ketones is 1. The topological polar surface area (TPSA) is 242 Å². The Morgan fingerprint density at radius 3 is 2.14 bits per heavy atom. The Hall–Kier alpha value is -6.02. The molecule has 1 aliphatic heterocycles. The number of rotatable bonds is 10. The number of aliphatic carboxylic acids is 1. The van der Waals surface area contributed by atoms with Crippen molar-refractivity contribution >= 4 is 41.0 Å². The van der Waals surface area contributed by atoms with E-state index in [0.29, 0.717) is 0 Å². The molecule has 2 aromatic carbocycles. The van der Waals surface area contributed by atoms with Gasteiger partial charge in [-0.25, -0.2) is 14.4 Å². The second kappa shape index (κ2) is 14.0. The molecule has 4 atom stereocenters. The lowest BCUT2D eigenvalue weighted by atomic mass is 9.76. The van der Waals surface area contributed by atoms with Gasteiger partial charge in [-0.05, 0) is 36.3 Å². The molecule has 0 aliphatic carbocycles. The molecule has 2 heterocycles. The highest BCUT2D eigenvalue weighted by Gasteiger charge is 2.51. The van der Waals surface area contributed by atoms with E-state index in [9.17, 15) is 34.1 Å². The first kappa shape index (κ1) is 31.5. The largest absolute Gasteiger partial charge is 0.472 e. The van der Waals surface area contributed by atoms with Gasteiger partial charge in [0.25, 0.3) is 17.4 Å². The Labute approximate surface area is 242 Å². The summed E-state index contributed by atoms with van der Waals surface area (Å²) in [4.78, 5) is 70.4. The van der Waals surface area contributed by atoms with Gasteiger partial charge in [0.15, 0.2) is 0 Å². The first-order valence-electron chi connectivity index (χ1n) is 12.4. The third-order valence-electron chi connectivity index (χ3n) is 6.22. The number of nitro groups is 1. The molecule has 16 nitrogen and oxygen atoms in total. The molecule has 1 saturated heterocycles. The summed E-state index contributed by atoms with van der Waals surface area (Å²) in [6.07, 6.45) is 0.692. The van der Waals surface area contributed by atoms with Crippen molar-refractivity contribution in [3.05, 3.63) is 93.7 Å². The normalized spacial score (nSPS) is 16.4. The van der Waals surface area contributed by atoms with Gasteiger partial charge in [-0.15, -0.1) is 0 Å². The van der Waals surface area contributed by atoms with E-state index < -0.39 is 58.3 Å². The highest BCUT2D eigenvalue weighted by atomic mass is 16.6. The number of carboxylic acids is 1. The molecule has 0 radical (unpaired) electrons. The van der Waals surface area contributed by atoms with Gasteiger partial charge < -0.3 is 30.0 Å². The summed E-state index contributed by atoms with van der Waals surface area (Å²) < 4.78 is 14.7. The van der Waals surface area contributed by atoms with E-state index >= 15 is 0 Å². The van der Waals surface area contributed by atoms with Crippen LogP contribution in [0.1, 0.15) is 34.6 Å². The summed E-state index contributed by atoms with van der Waals surface area (Å²) in [5.74, 6) is -5.87. The molecule has 1 aromatic heterocycles. The second-order valence-electron chi connectivity index (χ2n) is 8.97. The quantitative estimate of drug-likeness (QED) is 0.0502. The number of aromatic nitrogens is 1. The van der Waals surface area contributed by atoms with E-state index in [-0.39, 0.29) is 28.6 Å². The van der Waals surface area contributed by atoms with E-state index in [1.165, 1.54) is 55.7 Å². The zero-order chi connectivity index (χ0) is 31.7. The average Bonchev–Trinajstić information content (AvgIpc) is 3.49. The monoisotopic (exact) mass is 593 g/mol. The number of carboxylic acid groups (broad SMARTS) is 1. The number of hydrogen-bond acceptors (Lipinski definition) is 11. The van der Waals surface area contributed by atoms with Crippen molar-refractivity contribution < 1.29 is 52.8 Å². The summed E-state index contributed by atoms with van der Waals surface area (Å²) in [6.45, 7) is 3.07. The van der Waals surface area contributed by atoms with Gasteiger partial charge in [-0.3, -0.25) is 19.7 Å². The lowest BCUT2D eigenvalue weighted by Gasteiger charge is -2.41. The van der Waals surface area contributed by atoms with Crippen molar-refractivity contribution in [1.29, 1.82) is 0 Å². The number of β-lactam (4-membered cyclic amide) rings is 1. The van der Waals surface area contributed by atoms with Crippen molar-refractivity contribution in [3.63, 3.8) is 0 Å². The van der Waals surface area contributed by atoms with E-state index in [4.69, 9.17) is 15.4 Å². The van der Waals surface area contributed by atoms with Gasteiger partial charge in [0.1, 0.15) is 12.4 Å². The third kappa shape index (κ3) is 7.80. The van der Waals surface area contributed by atoms with Crippen LogP contribution in [0.4, 0.5) is 5.69 Å². The number of nitrogens with zero attached hydrogens (tertiary/aromatic N) is 4. The minimum absolute atomic E-state index is 0.0693. The van der Waals surface area contributed by atoms with Crippen LogP contribution in [0.15, 0.2) is 71.4 Å². The Bertz CT molecular complexity index is 1570. The molecule has 1 aliphatic rings. The van der Waals surface area contributed by atoms with Crippen molar-refractivity contribution in [2.75, 3.05) is 0 Å². The van der Waals surface area contributed by atoms with Crippen LogP contribution < -0.4 is 10.1 Å². The zero-order valence-electron chi connectivity index (χ0n) is 22.5. The smallest absolute Gasteiger partial charge is 0.441 e. The molecule has 4 rings (SSSR count). The Balaban J connectivity index is 0.000000238. The van der Waals surface area contributed by atoms with E-state index in [0.717, 1.165) is 0 Å². The molecule has 2 N–H and O–H groups in total. The van der Waals surface area contributed by atoms with Gasteiger partial charge in [0.05, 0.1) is 28.0 Å². The molecule has 0 spiro atoms. The first-order valence-corrected chi connectivity index (χ1v) is 12.4. The van der Waals surface area contributed by atoms with Gasteiger partial charge in [-0.2, -0.15) is 4.79 Å². The van der Waals surface area contributed by atoms with Crippen LogP contribution in [-0.4, -0.2) is 67.4 Å². The molecule has 0 bridgehead atoms. The molecular formula is C27H23N5O11. The maximum Gasteiger partial charge on any atom is 0.441 e. The lowest BCUT2D eigenvalue weighted by molar-refractivity contribution is -0.384. The van der Waals surface area contributed by atoms with Crippen LogP contribution in [0, 0.1) is 22.0 Å². The Kier molecular flexibility index (Phi) is 10.3. The standard InChI is InChI=1S/C14H9NO5.C13H14N4O6/c16-13(10-4-2-1-3-5-10)20-14(17)11-6-8-12(9-7-11)15(18)19;1-5(11(18)10(16-14)13(20)21)9-8(12(19)15-9)6(2)23-7-3-4-22-17-7/h1-9H;3-6,8-9H,1-2H3,(H,15,19)(H,20,21)/t;5?,6-,8-,9-/m.1/s1. The zero-order valence-corrected chi connectivity index (χ0v) is 22.5. The van der Waals surface area contributed by atoms with E-state index in [2.05, 4.69) is 24.5 Å². The highest BCUT2D eigenvalue weighted by molar-refractivity contribution is 6.62. The second-order valence-corrected chi connectivity index (χ2v) is 8.97. The number of Topliss-reactive ketones (excluding diaryl/α,β-unsaturated/α-hetero) is 1. The fourth-order valence-electron chi connectivity index (χ4n) is 3.96. The van der Waals surface area contributed by atoms with E-state index in [1.54, 1.807) is 25.1 Å². The maximum absolute atomic E-state index is 12.1. The first-order chi connectivity index (χ1) is 20.4. The molecular weight excluding hydrogens is 570 g/mol. The van der Waals surface area contributed by atoms with Crippen molar-refractivity contribution in [1.82, 2.24) is 10.5 Å². The number of amides is 1. The number of hydrogen-bond donors (Lipinski definition) is 2. The third-order valence-corrected chi connectivity index (χ3v) is 6.22. The molecule has 1 amide bonds. The fraction of sp³-hybridized carbons (Fsp3) is 0.222. The minimum atomic E-state index is -1.64. The fourth-order valence-corrected chi connectivity index (χ4v) is 3.96. The summed E-state index contributed by atoms with van der Waals surface area (Å²) >= 11 is 0. The molecule has 0 saturated carbocycles. The van der Waals surface area contributed by atoms with Crippen LogP contribution in [0.25, 0.3) is 5.53 Å². The van der Waals surface area contributed by atoms with Crippen LogP contribution in [0.3, 0.4) is 0 Å². The number of non-ortho nitro benzene ring substituents is 1. The van der Waals surface area contributed by atoms with Crippen molar-refractivity contribution in [3.8, 4) is 5.88 Å². The Morgan fingerprint density at radius 1 is 1.05 bits per heavy atom. The number of nitro benzene ring substituents is 1. The molecule has 43 heavy (non-hydrogen) atoms. The summed E-state index contributed by atoms with van der Waals surface area (Å²) in [6, 6.07) is 13.7. The number of nitrogens with one attached hydrogen (secondary N) is 1. The minimum Gasteiger partial charge on any atom is -0.472 e. The van der Waals surface area contributed by atoms with Crippen molar-refractivity contribution in [2.45, 2.75) is 26.0 Å². The number of benzene rings is 2. The molecule has 222 valence electrons. The molecule has 1 fully saturated rings. The molecule has 16 heteroatoms. The van der Waals surface area contributed by atoms with Crippen LogP contribution in [-0.2, 0) is 19.1 Å². The number of esters is 2. The van der Waals surface area contributed by atoms with Gasteiger partial charge in [0.2, 0.25) is 5.91 Å². The van der Waals surface area contributed by atoms with Gasteiger partial charge in [0, 0.05) is 24.1 Å².